The standard InChI is InChI=1S/C28H38B2O4S2/c1-25(2)26(3,4)32-29(31-25)23-11-19-9-20(12-23)16-36-18-22-10-21(17-35-15-19)13-24(14-22)30-33-27(5,6)28(7,8)34-30/h9-14H,15-18H2,1-8H3. The van der Waals surface area contributed by atoms with Gasteiger partial charge in [0, 0.05) is 23.0 Å². The maximum absolute atomic E-state index is 6.37. The number of hydrogen-bond donors (Lipinski definition) is 0. The molecule has 2 aromatic rings. The van der Waals surface area contributed by atoms with Gasteiger partial charge >= 0.3 is 14.2 Å². The van der Waals surface area contributed by atoms with E-state index in [0.29, 0.717) is 0 Å². The number of hydrogen-bond acceptors (Lipinski definition) is 6. The van der Waals surface area contributed by atoms with Gasteiger partial charge in [-0.25, -0.2) is 0 Å². The quantitative estimate of drug-likeness (QED) is 0.486. The van der Waals surface area contributed by atoms with Crippen LogP contribution >= 0.6 is 23.5 Å². The van der Waals surface area contributed by atoms with Crippen molar-refractivity contribution < 1.29 is 18.6 Å². The van der Waals surface area contributed by atoms with Crippen LogP contribution in [0.2, 0.25) is 0 Å². The Morgan fingerprint density at radius 1 is 0.472 bits per heavy atom. The van der Waals surface area contributed by atoms with Gasteiger partial charge in [-0.15, -0.1) is 0 Å². The minimum Gasteiger partial charge on any atom is -0.399 e. The molecule has 0 spiro atoms. The fourth-order valence-electron chi connectivity index (χ4n) is 4.72. The lowest BCUT2D eigenvalue weighted by Crippen LogP contribution is -2.41. The normalized spacial score (nSPS) is 24.3. The van der Waals surface area contributed by atoms with Gasteiger partial charge in [0.1, 0.15) is 0 Å². The van der Waals surface area contributed by atoms with Crippen LogP contribution in [0.5, 0.6) is 0 Å². The van der Waals surface area contributed by atoms with Gasteiger partial charge in [-0.05, 0) is 88.6 Å². The molecule has 5 rings (SSSR count). The van der Waals surface area contributed by atoms with E-state index in [1.165, 1.54) is 22.3 Å². The maximum Gasteiger partial charge on any atom is 0.494 e. The second-order valence-electron chi connectivity index (χ2n) is 12.3. The van der Waals surface area contributed by atoms with Gasteiger partial charge < -0.3 is 18.6 Å². The SMILES string of the molecule is CC1(C)OB(c2cc3cc(c2)CSCc2cc(cc(B4OC(C)(C)C(C)(C)O4)c2)CSC3)OC1(C)C. The molecule has 0 aromatic heterocycles. The Morgan fingerprint density at radius 3 is 0.972 bits per heavy atom. The van der Waals surface area contributed by atoms with E-state index in [2.05, 4.69) is 91.8 Å². The highest BCUT2D eigenvalue weighted by molar-refractivity contribution is 7.98. The van der Waals surface area contributed by atoms with Crippen LogP contribution in [-0.4, -0.2) is 36.6 Å². The van der Waals surface area contributed by atoms with Crippen LogP contribution in [-0.2, 0) is 41.6 Å². The molecule has 0 N–H and O–H groups in total. The van der Waals surface area contributed by atoms with Crippen molar-refractivity contribution in [3.05, 3.63) is 58.7 Å². The third-order valence-corrected chi connectivity index (χ3v) is 10.4. The molecule has 3 aliphatic heterocycles. The molecule has 192 valence electrons. The molecule has 3 aliphatic rings. The molecule has 0 unspecified atom stereocenters. The van der Waals surface area contributed by atoms with Crippen LogP contribution in [0.25, 0.3) is 0 Å². The predicted molar refractivity (Wildman–Crippen MR) is 154 cm³/mol. The summed E-state index contributed by atoms with van der Waals surface area (Å²) >= 11 is 3.89. The lowest BCUT2D eigenvalue weighted by molar-refractivity contribution is 0.00578. The number of benzene rings is 2. The van der Waals surface area contributed by atoms with E-state index in [-0.39, 0.29) is 36.6 Å². The van der Waals surface area contributed by atoms with E-state index >= 15 is 0 Å². The summed E-state index contributed by atoms with van der Waals surface area (Å²) in [5.41, 5.74) is 6.20. The minimum atomic E-state index is -0.338. The summed E-state index contributed by atoms with van der Waals surface area (Å²) in [5, 5.41) is 0. The largest absolute Gasteiger partial charge is 0.494 e. The van der Waals surface area contributed by atoms with Crippen LogP contribution in [0.15, 0.2) is 36.4 Å². The fraction of sp³-hybridized carbons (Fsp3) is 0.571. The first-order chi connectivity index (χ1) is 16.7. The van der Waals surface area contributed by atoms with E-state index in [0.717, 1.165) is 33.9 Å². The molecule has 4 nitrogen and oxygen atoms in total. The smallest absolute Gasteiger partial charge is 0.399 e. The van der Waals surface area contributed by atoms with Crippen LogP contribution in [0.1, 0.15) is 77.6 Å². The minimum absolute atomic E-state index is 0.327. The Kier molecular flexibility index (Phi) is 6.96. The summed E-state index contributed by atoms with van der Waals surface area (Å²) in [4.78, 5) is 0. The van der Waals surface area contributed by atoms with Crippen molar-refractivity contribution in [2.45, 2.75) is 101 Å². The molecular weight excluding hydrogens is 486 g/mol. The van der Waals surface area contributed by atoms with E-state index in [9.17, 15) is 0 Å². The molecule has 8 heteroatoms. The molecule has 0 atom stereocenters. The fourth-order valence-corrected chi connectivity index (χ4v) is 6.53. The van der Waals surface area contributed by atoms with Crippen molar-refractivity contribution in [2.24, 2.45) is 0 Å². The molecule has 2 saturated heterocycles. The van der Waals surface area contributed by atoms with Gasteiger partial charge in [0.15, 0.2) is 0 Å². The highest BCUT2D eigenvalue weighted by atomic mass is 32.2. The van der Waals surface area contributed by atoms with Crippen molar-refractivity contribution in [1.29, 1.82) is 0 Å². The summed E-state index contributed by atoms with van der Waals surface area (Å²) in [7, 11) is -0.654. The maximum atomic E-state index is 6.37. The molecule has 4 bridgehead atoms. The number of thioether (sulfide) groups is 2. The predicted octanol–water partition coefficient (Wildman–Crippen LogP) is 5.47. The highest BCUT2D eigenvalue weighted by Crippen LogP contribution is 2.38. The van der Waals surface area contributed by atoms with Crippen molar-refractivity contribution in [3.8, 4) is 0 Å². The van der Waals surface area contributed by atoms with Crippen LogP contribution < -0.4 is 10.9 Å². The lowest BCUT2D eigenvalue weighted by atomic mass is 9.77. The van der Waals surface area contributed by atoms with Crippen LogP contribution in [0.3, 0.4) is 0 Å². The zero-order valence-corrected chi connectivity index (χ0v) is 24.5. The first-order valence-electron chi connectivity index (χ1n) is 12.9. The second kappa shape index (κ2) is 9.39. The average molecular weight is 524 g/mol. The van der Waals surface area contributed by atoms with Crippen molar-refractivity contribution in [1.82, 2.24) is 0 Å². The van der Waals surface area contributed by atoms with E-state index in [1.807, 2.05) is 23.5 Å². The third kappa shape index (κ3) is 5.19. The van der Waals surface area contributed by atoms with E-state index in [4.69, 9.17) is 18.6 Å². The summed E-state index contributed by atoms with van der Waals surface area (Å²) in [6.07, 6.45) is 0. The zero-order chi connectivity index (χ0) is 25.9. The molecular formula is C28H38B2O4S2. The van der Waals surface area contributed by atoms with Crippen molar-refractivity contribution in [2.75, 3.05) is 0 Å². The van der Waals surface area contributed by atoms with Crippen LogP contribution in [0.4, 0.5) is 0 Å². The van der Waals surface area contributed by atoms with Gasteiger partial charge in [-0.1, -0.05) is 36.4 Å². The van der Waals surface area contributed by atoms with Gasteiger partial charge in [0.05, 0.1) is 22.4 Å². The Morgan fingerprint density at radius 2 is 0.722 bits per heavy atom. The molecule has 0 saturated carbocycles. The Balaban J connectivity index is 1.37. The van der Waals surface area contributed by atoms with Crippen molar-refractivity contribution >= 4 is 48.7 Å². The van der Waals surface area contributed by atoms with Gasteiger partial charge in [0.25, 0.3) is 0 Å². The summed E-state index contributed by atoms with van der Waals surface area (Å²) in [6, 6.07) is 13.8. The second-order valence-corrected chi connectivity index (χ2v) is 14.3. The molecule has 3 heterocycles. The molecule has 36 heavy (non-hydrogen) atoms. The van der Waals surface area contributed by atoms with Crippen LogP contribution in [0, 0.1) is 0 Å². The first kappa shape index (κ1) is 26.7. The third-order valence-electron chi connectivity index (χ3n) is 8.28. The number of fused-ring (bicyclic) bond motifs is 4. The van der Waals surface area contributed by atoms with Crippen molar-refractivity contribution in [3.63, 3.8) is 0 Å². The van der Waals surface area contributed by atoms with E-state index < -0.39 is 0 Å². The van der Waals surface area contributed by atoms with Gasteiger partial charge in [-0.2, -0.15) is 23.5 Å². The first-order valence-corrected chi connectivity index (χ1v) is 15.2. The summed E-state index contributed by atoms with van der Waals surface area (Å²) in [5.74, 6) is 3.78. The summed E-state index contributed by atoms with van der Waals surface area (Å²) in [6.45, 7) is 16.9. The molecule has 0 aliphatic carbocycles. The zero-order valence-electron chi connectivity index (χ0n) is 22.9. The summed E-state index contributed by atoms with van der Waals surface area (Å²) < 4.78 is 25.5. The molecule has 0 amide bonds. The monoisotopic (exact) mass is 524 g/mol. The van der Waals surface area contributed by atoms with E-state index in [1.54, 1.807) is 0 Å². The number of rotatable bonds is 2. The highest BCUT2D eigenvalue weighted by Gasteiger charge is 2.52. The van der Waals surface area contributed by atoms with Gasteiger partial charge in [0.2, 0.25) is 0 Å². The Bertz CT molecular complexity index is 982. The molecule has 2 aromatic carbocycles. The van der Waals surface area contributed by atoms with Gasteiger partial charge in [-0.3, -0.25) is 0 Å². The Labute approximate surface area is 226 Å². The molecule has 2 fully saturated rings. The average Bonchev–Trinajstić information content (AvgIpc) is 3.12. The Hall–Kier alpha value is -0.890. The molecule has 0 radical (unpaired) electrons. The lowest BCUT2D eigenvalue weighted by Gasteiger charge is -2.32. The topological polar surface area (TPSA) is 36.9 Å².